The van der Waals surface area contributed by atoms with Crippen LogP contribution in [-0.2, 0) is 10.0 Å². The zero-order valence-corrected chi connectivity index (χ0v) is 16.7. The molecule has 4 nitrogen and oxygen atoms in total. The van der Waals surface area contributed by atoms with Crippen molar-refractivity contribution in [2.24, 2.45) is 0 Å². The van der Waals surface area contributed by atoms with E-state index >= 15 is 0 Å². The van der Waals surface area contributed by atoms with Gasteiger partial charge in [-0.1, -0.05) is 41.4 Å². The molecular weight excluding hydrogens is 382 g/mol. The van der Waals surface area contributed by atoms with Gasteiger partial charge in [-0.3, -0.25) is 4.31 Å². The molecule has 0 fully saturated rings. The van der Waals surface area contributed by atoms with E-state index in [0.29, 0.717) is 22.9 Å². The lowest BCUT2D eigenvalue weighted by molar-refractivity contribution is 0.146. The topological polar surface area (TPSA) is 46.6 Å². The second kappa shape index (κ2) is 7.21. The van der Waals surface area contributed by atoms with E-state index in [1.165, 1.54) is 0 Å². The van der Waals surface area contributed by atoms with Crippen molar-refractivity contribution in [3.8, 4) is 5.75 Å². The van der Waals surface area contributed by atoms with Crippen molar-refractivity contribution in [1.82, 2.24) is 0 Å². The molecular formula is C21H22ClNO3S. The van der Waals surface area contributed by atoms with Gasteiger partial charge in [-0.15, -0.1) is 0 Å². The Labute approximate surface area is 165 Å². The van der Waals surface area contributed by atoms with Crippen molar-refractivity contribution >= 4 is 27.3 Å². The van der Waals surface area contributed by atoms with Crippen molar-refractivity contribution in [2.75, 3.05) is 4.31 Å². The number of ether oxygens (including phenoxy) is 1. The highest BCUT2D eigenvalue weighted by atomic mass is 35.5. The van der Waals surface area contributed by atoms with Crippen LogP contribution in [0, 0.1) is 6.92 Å². The Morgan fingerprint density at radius 2 is 1.74 bits per heavy atom. The van der Waals surface area contributed by atoms with Crippen LogP contribution < -0.4 is 9.04 Å². The van der Waals surface area contributed by atoms with Crippen LogP contribution in [0.15, 0.2) is 59.5 Å². The molecule has 0 spiro atoms. The predicted molar refractivity (Wildman–Crippen MR) is 108 cm³/mol. The highest BCUT2D eigenvalue weighted by Gasteiger charge is 2.42. The molecule has 0 unspecified atom stereocenters. The number of sulfonamides is 1. The molecule has 2 aromatic rings. The molecule has 2 aromatic carbocycles. The van der Waals surface area contributed by atoms with E-state index in [9.17, 15) is 8.42 Å². The van der Waals surface area contributed by atoms with Gasteiger partial charge in [-0.25, -0.2) is 8.42 Å². The predicted octanol–water partition coefficient (Wildman–Crippen LogP) is 5.10. The number of halogens is 1. The van der Waals surface area contributed by atoms with Gasteiger partial charge in [0, 0.05) is 5.02 Å². The van der Waals surface area contributed by atoms with Gasteiger partial charge in [0.25, 0.3) is 10.0 Å². The molecule has 0 aromatic heterocycles. The number of rotatable bonds is 2. The highest BCUT2D eigenvalue weighted by Crippen LogP contribution is 2.43. The van der Waals surface area contributed by atoms with Crippen LogP contribution in [0.1, 0.15) is 31.2 Å². The Balaban J connectivity index is 1.87. The third-order valence-electron chi connectivity index (χ3n) is 5.16. The Hall–Kier alpha value is -1.98. The molecule has 0 radical (unpaired) electrons. The summed E-state index contributed by atoms with van der Waals surface area (Å²) in [6.45, 7) is 1.94. The first kappa shape index (κ1) is 18.4. The molecule has 6 heteroatoms. The molecule has 2 aliphatic rings. The Morgan fingerprint density at radius 3 is 2.48 bits per heavy atom. The smallest absolute Gasteiger partial charge is 0.264 e. The minimum Gasteiger partial charge on any atom is -0.486 e. The Kier molecular flexibility index (Phi) is 4.91. The van der Waals surface area contributed by atoms with E-state index in [4.69, 9.17) is 16.3 Å². The van der Waals surface area contributed by atoms with Gasteiger partial charge in [0.05, 0.1) is 16.6 Å². The number of allylic oxidation sites excluding steroid dienone is 2. The maximum absolute atomic E-state index is 13.6. The molecule has 142 valence electrons. The molecule has 27 heavy (non-hydrogen) atoms. The van der Waals surface area contributed by atoms with Crippen LogP contribution >= 0.6 is 11.6 Å². The molecule has 1 heterocycles. The van der Waals surface area contributed by atoms with Gasteiger partial charge < -0.3 is 4.74 Å². The third-order valence-corrected chi connectivity index (χ3v) is 7.25. The summed E-state index contributed by atoms with van der Waals surface area (Å²) >= 11 is 6.20. The van der Waals surface area contributed by atoms with Crippen molar-refractivity contribution < 1.29 is 13.2 Å². The number of nitrogens with zero attached hydrogens (tertiary/aromatic N) is 1. The molecule has 0 N–H and O–H groups in total. The maximum Gasteiger partial charge on any atom is 0.264 e. The van der Waals surface area contributed by atoms with Gasteiger partial charge in [-0.2, -0.15) is 0 Å². The summed E-state index contributed by atoms with van der Waals surface area (Å²) in [7, 11) is -3.74. The van der Waals surface area contributed by atoms with E-state index in [1.807, 2.05) is 19.1 Å². The van der Waals surface area contributed by atoms with Gasteiger partial charge in [0.15, 0.2) is 0 Å². The third kappa shape index (κ3) is 3.46. The fourth-order valence-electron chi connectivity index (χ4n) is 3.78. The van der Waals surface area contributed by atoms with Crippen LogP contribution in [-0.4, -0.2) is 20.6 Å². The molecule has 0 saturated heterocycles. The lowest BCUT2D eigenvalue weighted by Gasteiger charge is -2.43. The lowest BCUT2D eigenvalue weighted by Crippen LogP contribution is -2.52. The Bertz CT molecular complexity index is 969. The first-order chi connectivity index (χ1) is 13.0. The molecule has 1 aliphatic heterocycles. The number of hydrogen-bond donors (Lipinski definition) is 0. The van der Waals surface area contributed by atoms with E-state index in [0.717, 1.165) is 24.8 Å². The first-order valence-corrected chi connectivity index (χ1v) is 11.0. The van der Waals surface area contributed by atoms with E-state index in [1.54, 1.807) is 34.6 Å². The average Bonchev–Trinajstić information content (AvgIpc) is 2.62. The van der Waals surface area contributed by atoms with Crippen molar-refractivity contribution in [3.05, 3.63) is 65.2 Å². The zero-order chi connectivity index (χ0) is 19.0. The fourth-order valence-corrected chi connectivity index (χ4v) is 5.66. The van der Waals surface area contributed by atoms with Crippen LogP contribution in [0.4, 0.5) is 5.69 Å². The lowest BCUT2D eigenvalue weighted by atomic mass is 9.96. The summed E-state index contributed by atoms with van der Waals surface area (Å²) in [6.07, 6.45) is 7.28. The second-order valence-corrected chi connectivity index (χ2v) is 9.33. The number of hydrogen-bond acceptors (Lipinski definition) is 3. The van der Waals surface area contributed by atoms with E-state index in [2.05, 4.69) is 12.2 Å². The summed E-state index contributed by atoms with van der Waals surface area (Å²) in [5.74, 6) is 0.570. The molecule has 1 aliphatic carbocycles. The fraction of sp³-hybridized carbons (Fsp3) is 0.333. The number of fused-ring (bicyclic) bond motifs is 2. The van der Waals surface area contributed by atoms with Crippen molar-refractivity contribution in [3.63, 3.8) is 0 Å². The largest absolute Gasteiger partial charge is 0.486 e. The first-order valence-electron chi connectivity index (χ1n) is 9.19. The average molecular weight is 404 g/mol. The van der Waals surface area contributed by atoms with Gasteiger partial charge in [-0.05, 0) is 62.9 Å². The van der Waals surface area contributed by atoms with Crippen LogP contribution in [0.5, 0.6) is 5.75 Å². The quantitative estimate of drug-likeness (QED) is 0.655. The van der Waals surface area contributed by atoms with Crippen LogP contribution in [0.2, 0.25) is 5.02 Å². The SMILES string of the molecule is Cc1ccc(S(=O)(=O)N2c3cc(Cl)ccc3O[C@@H]3CC/C=C\CC[C@H]32)cc1. The Morgan fingerprint density at radius 1 is 1.04 bits per heavy atom. The number of benzene rings is 2. The number of anilines is 1. The normalized spacial score (nSPS) is 23.4. The molecule has 0 bridgehead atoms. The van der Waals surface area contributed by atoms with Crippen LogP contribution in [0.25, 0.3) is 0 Å². The molecule has 0 amide bonds. The van der Waals surface area contributed by atoms with Crippen molar-refractivity contribution in [1.29, 1.82) is 0 Å². The second-order valence-electron chi connectivity index (χ2n) is 7.08. The summed E-state index contributed by atoms with van der Waals surface area (Å²) in [6, 6.07) is 11.9. The van der Waals surface area contributed by atoms with E-state index < -0.39 is 10.0 Å². The van der Waals surface area contributed by atoms with Crippen molar-refractivity contribution in [2.45, 2.75) is 49.6 Å². The van der Waals surface area contributed by atoms with Gasteiger partial charge in [0.2, 0.25) is 0 Å². The summed E-state index contributed by atoms with van der Waals surface area (Å²) in [5, 5.41) is 0.491. The number of aryl methyl sites for hydroxylation is 1. The standard InChI is InChI=1S/C21H22ClNO3S/c1-15-8-11-17(12-9-15)27(24,25)23-18-6-4-2-3-5-7-20(18)26-21-13-10-16(22)14-19(21)23/h2-3,8-14,18,20H,4-7H2,1H3/b3-2-/t18-,20-/m1/s1. The van der Waals surface area contributed by atoms with Crippen LogP contribution in [0.3, 0.4) is 0 Å². The minimum absolute atomic E-state index is 0.177. The summed E-state index contributed by atoms with van der Waals surface area (Å²) < 4.78 is 35.0. The summed E-state index contributed by atoms with van der Waals surface area (Å²) in [4.78, 5) is 0.289. The summed E-state index contributed by atoms with van der Waals surface area (Å²) in [5.41, 5.74) is 1.54. The van der Waals surface area contributed by atoms with E-state index in [-0.39, 0.29) is 17.0 Å². The molecule has 4 rings (SSSR count). The maximum atomic E-state index is 13.6. The van der Waals surface area contributed by atoms with Gasteiger partial charge >= 0.3 is 0 Å². The minimum atomic E-state index is -3.74. The highest BCUT2D eigenvalue weighted by molar-refractivity contribution is 7.92. The monoisotopic (exact) mass is 403 g/mol. The van der Waals surface area contributed by atoms with Gasteiger partial charge in [0.1, 0.15) is 11.9 Å². The zero-order valence-electron chi connectivity index (χ0n) is 15.1. The molecule has 2 atom stereocenters. The molecule has 0 saturated carbocycles.